The van der Waals surface area contributed by atoms with Gasteiger partial charge in [0.15, 0.2) is 0 Å². The van der Waals surface area contributed by atoms with Crippen molar-refractivity contribution < 1.29 is 9.90 Å². The van der Waals surface area contributed by atoms with Crippen molar-refractivity contribution in [2.24, 2.45) is 5.92 Å². The number of carbonyl (C=O) groups is 1. The normalized spacial score (nSPS) is 34.8. The number of hydrogen-bond donors (Lipinski definition) is 2. The first kappa shape index (κ1) is 6.55. The van der Waals surface area contributed by atoms with Gasteiger partial charge in [-0.25, -0.2) is 0 Å². The molecule has 1 aliphatic rings. The summed E-state index contributed by atoms with van der Waals surface area (Å²) in [6.45, 7) is 2.90. The molecule has 0 aromatic heterocycles. The maximum Gasteiger partial charge on any atom is 0.320 e. The fourth-order valence-electron chi connectivity index (χ4n) is 1.10. The molecule has 0 spiro atoms. The zero-order valence-corrected chi connectivity index (χ0v) is 5.42. The molecule has 9 heavy (non-hydrogen) atoms. The van der Waals surface area contributed by atoms with Crippen LogP contribution in [0.15, 0.2) is 0 Å². The van der Waals surface area contributed by atoms with Crippen LogP contribution in [-0.4, -0.2) is 23.7 Å². The van der Waals surface area contributed by atoms with Crippen LogP contribution in [0.3, 0.4) is 0 Å². The molecular weight excluding hydrogens is 118 g/mol. The Hall–Kier alpha value is -0.570. The molecule has 0 aliphatic carbocycles. The fourth-order valence-corrected chi connectivity index (χ4v) is 1.10. The van der Waals surface area contributed by atoms with E-state index in [9.17, 15) is 4.79 Å². The van der Waals surface area contributed by atoms with Crippen LogP contribution >= 0.6 is 0 Å². The zero-order valence-electron chi connectivity index (χ0n) is 5.42. The summed E-state index contributed by atoms with van der Waals surface area (Å²) in [7, 11) is 0. The van der Waals surface area contributed by atoms with Crippen molar-refractivity contribution in [3.8, 4) is 0 Å². The van der Waals surface area contributed by atoms with Gasteiger partial charge in [-0.15, -0.1) is 0 Å². The van der Waals surface area contributed by atoms with E-state index in [2.05, 4.69) is 12.2 Å². The van der Waals surface area contributed by atoms with Gasteiger partial charge in [0, 0.05) is 0 Å². The van der Waals surface area contributed by atoms with Gasteiger partial charge in [-0.2, -0.15) is 0 Å². The van der Waals surface area contributed by atoms with Crippen LogP contribution in [0.2, 0.25) is 0 Å². The number of rotatable bonds is 1. The van der Waals surface area contributed by atoms with E-state index >= 15 is 0 Å². The first-order valence-electron chi connectivity index (χ1n) is 3.16. The molecule has 0 amide bonds. The highest BCUT2D eigenvalue weighted by Crippen LogP contribution is 2.11. The predicted octanol–water partition coefficient (Wildman–Crippen LogP) is 0.0690. The number of nitrogens with one attached hydrogen (secondary N) is 1. The average Bonchev–Trinajstić information content (AvgIpc) is 2.14. The summed E-state index contributed by atoms with van der Waals surface area (Å²) in [5, 5.41) is 11.4. The molecule has 52 valence electrons. The van der Waals surface area contributed by atoms with Crippen LogP contribution in [0.4, 0.5) is 0 Å². The van der Waals surface area contributed by atoms with Gasteiger partial charge in [0.25, 0.3) is 0 Å². The SMILES string of the molecule is C[C@@H]1CNC(C(=O)O)C1. The highest BCUT2D eigenvalue weighted by atomic mass is 16.4. The van der Waals surface area contributed by atoms with E-state index in [0.29, 0.717) is 5.92 Å². The van der Waals surface area contributed by atoms with Crippen LogP contribution < -0.4 is 5.32 Å². The van der Waals surface area contributed by atoms with Crippen LogP contribution in [0.1, 0.15) is 13.3 Å². The Balaban J connectivity index is 2.39. The largest absolute Gasteiger partial charge is 0.480 e. The molecule has 3 heteroatoms. The average molecular weight is 129 g/mol. The van der Waals surface area contributed by atoms with Gasteiger partial charge in [-0.3, -0.25) is 4.79 Å². The van der Waals surface area contributed by atoms with E-state index in [1.165, 1.54) is 0 Å². The molecule has 1 saturated heterocycles. The van der Waals surface area contributed by atoms with Gasteiger partial charge in [0.1, 0.15) is 6.04 Å². The van der Waals surface area contributed by atoms with Crippen molar-refractivity contribution in [2.45, 2.75) is 19.4 Å². The number of hydrogen-bond acceptors (Lipinski definition) is 2. The lowest BCUT2D eigenvalue weighted by molar-refractivity contribution is -0.139. The predicted molar refractivity (Wildman–Crippen MR) is 33.2 cm³/mol. The Kier molecular flexibility index (Phi) is 1.71. The van der Waals surface area contributed by atoms with Crippen molar-refractivity contribution in [1.82, 2.24) is 5.32 Å². The van der Waals surface area contributed by atoms with Gasteiger partial charge >= 0.3 is 5.97 Å². The number of aliphatic carboxylic acids is 1. The fraction of sp³-hybridized carbons (Fsp3) is 0.833. The van der Waals surface area contributed by atoms with Crippen molar-refractivity contribution in [3.05, 3.63) is 0 Å². The smallest absolute Gasteiger partial charge is 0.320 e. The molecule has 3 nitrogen and oxygen atoms in total. The summed E-state index contributed by atoms with van der Waals surface area (Å²) in [6, 6.07) is -0.292. The van der Waals surface area contributed by atoms with Gasteiger partial charge in [-0.05, 0) is 18.9 Å². The number of carboxylic acid groups (broad SMARTS) is 1. The molecule has 0 aromatic carbocycles. The third-order valence-electron chi connectivity index (χ3n) is 1.65. The monoisotopic (exact) mass is 129 g/mol. The first-order chi connectivity index (χ1) is 4.20. The topological polar surface area (TPSA) is 49.3 Å². The summed E-state index contributed by atoms with van der Waals surface area (Å²) in [4.78, 5) is 10.3. The van der Waals surface area contributed by atoms with Crippen LogP contribution in [0.25, 0.3) is 0 Å². The Labute approximate surface area is 54.1 Å². The van der Waals surface area contributed by atoms with E-state index < -0.39 is 5.97 Å². The van der Waals surface area contributed by atoms with E-state index in [4.69, 9.17) is 5.11 Å². The highest BCUT2D eigenvalue weighted by molar-refractivity contribution is 5.73. The summed E-state index contributed by atoms with van der Waals surface area (Å²) >= 11 is 0. The van der Waals surface area contributed by atoms with E-state index in [1.54, 1.807) is 0 Å². The van der Waals surface area contributed by atoms with Gasteiger partial charge in [0.05, 0.1) is 0 Å². The lowest BCUT2D eigenvalue weighted by atomic mass is 10.1. The van der Waals surface area contributed by atoms with Crippen molar-refractivity contribution in [1.29, 1.82) is 0 Å². The lowest BCUT2D eigenvalue weighted by Crippen LogP contribution is -2.29. The minimum atomic E-state index is -0.723. The van der Waals surface area contributed by atoms with E-state index in [-0.39, 0.29) is 6.04 Å². The molecule has 0 bridgehead atoms. The third kappa shape index (κ3) is 1.42. The Morgan fingerprint density at radius 1 is 1.78 bits per heavy atom. The summed E-state index contributed by atoms with van der Waals surface area (Å²) in [6.07, 6.45) is 0.773. The maximum absolute atomic E-state index is 10.3. The minimum Gasteiger partial charge on any atom is -0.480 e. The molecule has 0 saturated carbocycles. The molecule has 1 fully saturated rings. The van der Waals surface area contributed by atoms with Gasteiger partial charge in [0.2, 0.25) is 0 Å². The molecule has 0 aromatic rings. The molecular formula is C6H11NO2. The van der Waals surface area contributed by atoms with Crippen LogP contribution in [0.5, 0.6) is 0 Å². The van der Waals surface area contributed by atoms with Crippen LogP contribution in [-0.2, 0) is 4.79 Å². The van der Waals surface area contributed by atoms with Crippen molar-refractivity contribution in [2.75, 3.05) is 6.54 Å². The van der Waals surface area contributed by atoms with E-state index in [1.807, 2.05) is 0 Å². The molecule has 2 N–H and O–H groups in total. The summed E-state index contributed by atoms with van der Waals surface area (Å²) in [5.41, 5.74) is 0. The van der Waals surface area contributed by atoms with E-state index in [0.717, 1.165) is 13.0 Å². The zero-order chi connectivity index (χ0) is 6.85. The van der Waals surface area contributed by atoms with Crippen LogP contribution in [0, 0.1) is 5.92 Å². The first-order valence-corrected chi connectivity index (χ1v) is 3.16. The molecule has 1 aliphatic heterocycles. The highest BCUT2D eigenvalue weighted by Gasteiger charge is 2.25. The van der Waals surface area contributed by atoms with Gasteiger partial charge in [-0.1, -0.05) is 6.92 Å². The second-order valence-corrected chi connectivity index (χ2v) is 2.64. The quantitative estimate of drug-likeness (QED) is 0.526. The molecule has 1 heterocycles. The second-order valence-electron chi connectivity index (χ2n) is 2.64. The van der Waals surface area contributed by atoms with Crippen molar-refractivity contribution in [3.63, 3.8) is 0 Å². The summed E-state index contributed by atoms with van der Waals surface area (Å²) < 4.78 is 0. The molecule has 1 rings (SSSR count). The van der Waals surface area contributed by atoms with Crippen molar-refractivity contribution >= 4 is 5.97 Å². The third-order valence-corrected chi connectivity index (χ3v) is 1.65. The molecule has 0 radical (unpaired) electrons. The Bertz CT molecular complexity index is 124. The summed E-state index contributed by atoms with van der Waals surface area (Å²) in [5.74, 6) is -0.203. The van der Waals surface area contributed by atoms with Gasteiger partial charge < -0.3 is 10.4 Å². The Morgan fingerprint density at radius 3 is 2.67 bits per heavy atom. The second kappa shape index (κ2) is 2.35. The minimum absolute atomic E-state index is 0.292. The molecule has 1 unspecified atom stereocenters. The maximum atomic E-state index is 10.3. The molecule has 2 atom stereocenters. The lowest BCUT2D eigenvalue weighted by Gasteiger charge is -2.00. The Morgan fingerprint density at radius 2 is 2.44 bits per heavy atom. The number of carboxylic acids is 1. The standard InChI is InChI=1S/C6H11NO2/c1-4-2-5(6(8)9)7-3-4/h4-5,7H,2-3H2,1H3,(H,8,9)/t4-,5?/m0/s1.